The highest BCUT2D eigenvalue weighted by atomic mass is 32.2. The molecule has 0 nitrogen and oxygen atoms in total. The first-order chi connectivity index (χ1) is 9.95. The maximum Gasteiger partial charge on any atom is 0.158 e. The maximum absolute atomic E-state index is 2.20. The van der Waals surface area contributed by atoms with Crippen molar-refractivity contribution in [3.63, 3.8) is 0 Å². The molecular weight excluding hydrogens is 260 g/mol. The lowest BCUT2D eigenvalue weighted by Gasteiger charge is -1.90. The molecule has 1 aliphatic carbocycles. The van der Waals surface area contributed by atoms with Crippen LogP contribution in [0.15, 0.2) is 107 Å². The first-order valence-electron chi connectivity index (χ1n) is 6.75. The van der Waals surface area contributed by atoms with E-state index in [2.05, 4.69) is 60.7 Å². The number of rotatable bonds is 2. The molecule has 20 heavy (non-hydrogen) atoms. The van der Waals surface area contributed by atoms with Gasteiger partial charge in [-0.3, -0.25) is 0 Å². The Bertz CT molecular complexity index is 539. The summed E-state index contributed by atoms with van der Waals surface area (Å²) in [7, 11) is 0. The Hall–Kier alpha value is -1.99. The van der Waals surface area contributed by atoms with Gasteiger partial charge in [0.2, 0.25) is 0 Å². The zero-order valence-corrected chi connectivity index (χ0v) is 12.3. The van der Waals surface area contributed by atoms with Crippen molar-refractivity contribution in [3.8, 4) is 0 Å². The standard InChI is InChI=1S/C13H12S.C6H6/c1-2-5-9-12(8-4-1)14-13-10-6-3-7-11-13;1-2-4-6-5-3-1/h1,3-11H,2H2;1-6H/p+1. The summed E-state index contributed by atoms with van der Waals surface area (Å²) in [6.45, 7) is 0. The van der Waals surface area contributed by atoms with Crippen LogP contribution in [0.1, 0.15) is 6.42 Å². The van der Waals surface area contributed by atoms with Crippen LogP contribution >= 0.6 is 0 Å². The van der Waals surface area contributed by atoms with Gasteiger partial charge in [-0.15, -0.1) is 0 Å². The van der Waals surface area contributed by atoms with E-state index in [1.54, 1.807) is 0 Å². The first-order valence-corrected chi connectivity index (χ1v) is 7.65. The lowest BCUT2D eigenvalue weighted by Crippen LogP contribution is -1.84. The molecule has 0 bridgehead atoms. The van der Waals surface area contributed by atoms with Crippen molar-refractivity contribution >= 4 is 11.8 Å². The quantitative estimate of drug-likeness (QED) is 0.539. The van der Waals surface area contributed by atoms with Crippen LogP contribution in [0.2, 0.25) is 0 Å². The summed E-state index contributed by atoms with van der Waals surface area (Å²) >= 11 is 1.29. The van der Waals surface area contributed by atoms with Crippen molar-refractivity contribution < 1.29 is 0 Å². The largest absolute Gasteiger partial charge is 0.158 e. The van der Waals surface area contributed by atoms with Gasteiger partial charge < -0.3 is 0 Å². The van der Waals surface area contributed by atoms with Gasteiger partial charge in [0, 0.05) is 11.8 Å². The Morgan fingerprint density at radius 2 is 1.30 bits per heavy atom. The Balaban J connectivity index is 0.000000205. The van der Waals surface area contributed by atoms with Gasteiger partial charge in [0.25, 0.3) is 0 Å². The third-order valence-corrected chi connectivity index (χ3v) is 3.76. The van der Waals surface area contributed by atoms with Crippen molar-refractivity contribution in [2.24, 2.45) is 0 Å². The van der Waals surface area contributed by atoms with E-state index in [0.717, 1.165) is 6.42 Å². The molecular formula is C19H19S+. The van der Waals surface area contributed by atoms with Crippen LogP contribution in [0.5, 0.6) is 0 Å². The zero-order chi connectivity index (χ0) is 13.9. The molecule has 1 aliphatic rings. The van der Waals surface area contributed by atoms with E-state index >= 15 is 0 Å². The lowest BCUT2D eigenvalue weighted by molar-refractivity contribution is 1.40. The van der Waals surface area contributed by atoms with Gasteiger partial charge in [0.15, 0.2) is 9.80 Å². The number of hydrogen-bond donors (Lipinski definition) is 0. The zero-order valence-electron chi connectivity index (χ0n) is 11.4. The highest BCUT2D eigenvalue weighted by Crippen LogP contribution is 2.13. The summed E-state index contributed by atoms with van der Waals surface area (Å²) in [4.78, 5) is 2.70. The normalized spacial score (nSPS) is 12.9. The highest BCUT2D eigenvalue weighted by molar-refractivity contribution is 7.83. The van der Waals surface area contributed by atoms with Gasteiger partial charge >= 0.3 is 0 Å². The fourth-order valence-electron chi connectivity index (χ4n) is 1.68. The predicted molar refractivity (Wildman–Crippen MR) is 90.9 cm³/mol. The number of allylic oxidation sites excluding steroid dienone is 5. The first kappa shape index (κ1) is 14.4. The van der Waals surface area contributed by atoms with Crippen molar-refractivity contribution in [3.05, 3.63) is 102 Å². The van der Waals surface area contributed by atoms with Crippen LogP contribution in [0, 0.1) is 0 Å². The van der Waals surface area contributed by atoms with Gasteiger partial charge in [-0.25, -0.2) is 0 Å². The fraction of sp³-hybridized carbons (Fsp3) is 0.0526. The average Bonchev–Trinajstić information content (AvgIpc) is 2.79. The topological polar surface area (TPSA) is 0 Å². The summed E-state index contributed by atoms with van der Waals surface area (Å²) < 4.78 is 0. The van der Waals surface area contributed by atoms with Crippen molar-refractivity contribution in [2.45, 2.75) is 11.3 Å². The van der Waals surface area contributed by atoms with Crippen LogP contribution in [0.3, 0.4) is 0 Å². The van der Waals surface area contributed by atoms with Gasteiger partial charge in [0.05, 0.1) is 0 Å². The molecule has 0 N–H and O–H groups in total. The summed E-state index contributed by atoms with van der Waals surface area (Å²) in [6, 6.07) is 22.5. The SMILES string of the molecule is C1=CCC=CC([SH+]c2ccccc2)=C1.c1ccccc1. The Kier molecular flexibility index (Phi) is 6.49. The predicted octanol–water partition coefficient (Wildman–Crippen LogP) is 4.95. The molecule has 0 atom stereocenters. The van der Waals surface area contributed by atoms with Crippen molar-refractivity contribution in [2.75, 3.05) is 0 Å². The number of hydrogen-bond acceptors (Lipinski definition) is 0. The molecule has 0 amide bonds. The molecule has 0 radical (unpaired) electrons. The van der Waals surface area contributed by atoms with E-state index < -0.39 is 0 Å². The van der Waals surface area contributed by atoms with Crippen LogP contribution < -0.4 is 0 Å². The minimum atomic E-state index is 1.05. The van der Waals surface area contributed by atoms with Gasteiger partial charge in [-0.05, 0) is 30.7 Å². The molecule has 2 aromatic carbocycles. The third kappa shape index (κ3) is 5.77. The second-order valence-corrected chi connectivity index (χ2v) is 5.52. The molecule has 0 aromatic heterocycles. The smallest absolute Gasteiger partial charge is 0.0806 e. The molecule has 0 unspecified atom stereocenters. The Labute approximate surface area is 125 Å². The Morgan fingerprint density at radius 3 is 1.95 bits per heavy atom. The summed E-state index contributed by atoms with van der Waals surface area (Å²) in [5.41, 5.74) is 0. The lowest BCUT2D eigenvalue weighted by atomic mass is 10.4. The van der Waals surface area contributed by atoms with E-state index in [9.17, 15) is 0 Å². The van der Waals surface area contributed by atoms with E-state index in [1.165, 1.54) is 21.6 Å². The highest BCUT2D eigenvalue weighted by Gasteiger charge is 2.06. The molecule has 0 aliphatic heterocycles. The molecule has 100 valence electrons. The van der Waals surface area contributed by atoms with Crippen LogP contribution in [0.25, 0.3) is 0 Å². The van der Waals surface area contributed by atoms with Gasteiger partial charge in [0.1, 0.15) is 0 Å². The fourth-order valence-corrected chi connectivity index (χ4v) is 2.64. The molecule has 3 rings (SSSR count). The second kappa shape index (κ2) is 9.00. The van der Waals surface area contributed by atoms with Crippen molar-refractivity contribution in [1.82, 2.24) is 0 Å². The molecule has 0 spiro atoms. The van der Waals surface area contributed by atoms with Gasteiger partial charge in [-0.2, -0.15) is 0 Å². The molecule has 0 saturated carbocycles. The average molecular weight is 279 g/mol. The molecule has 2 aromatic rings. The van der Waals surface area contributed by atoms with Crippen LogP contribution in [0.4, 0.5) is 0 Å². The minimum absolute atomic E-state index is 1.05. The molecule has 1 heteroatoms. The molecule has 0 saturated heterocycles. The number of thiol groups is 1. The molecule has 0 heterocycles. The van der Waals surface area contributed by atoms with E-state index in [-0.39, 0.29) is 0 Å². The third-order valence-electron chi connectivity index (χ3n) is 2.64. The van der Waals surface area contributed by atoms with Crippen LogP contribution in [-0.2, 0) is 11.8 Å². The van der Waals surface area contributed by atoms with E-state index in [4.69, 9.17) is 0 Å². The van der Waals surface area contributed by atoms with Crippen molar-refractivity contribution in [1.29, 1.82) is 0 Å². The summed E-state index contributed by atoms with van der Waals surface area (Å²) in [6.07, 6.45) is 11.9. The monoisotopic (exact) mass is 279 g/mol. The summed E-state index contributed by atoms with van der Waals surface area (Å²) in [5, 5.41) is 0. The number of benzene rings is 2. The minimum Gasteiger partial charge on any atom is -0.0806 e. The molecule has 0 fully saturated rings. The Morgan fingerprint density at radius 1 is 0.700 bits per heavy atom. The second-order valence-electron chi connectivity index (χ2n) is 4.26. The summed E-state index contributed by atoms with van der Waals surface area (Å²) in [5.74, 6) is 0. The van der Waals surface area contributed by atoms with E-state index in [0.29, 0.717) is 0 Å². The van der Waals surface area contributed by atoms with Crippen LogP contribution in [-0.4, -0.2) is 0 Å². The maximum atomic E-state index is 2.20. The van der Waals surface area contributed by atoms with Gasteiger partial charge in [-0.1, -0.05) is 72.8 Å². The van der Waals surface area contributed by atoms with E-state index in [1.807, 2.05) is 36.4 Å².